The number of benzene rings is 7. The van der Waals surface area contributed by atoms with E-state index in [0.717, 1.165) is 90.0 Å². The van der Waals surface area contributed by atoms with Gasteiger partial charge in [0.1, 0.15) is 22.7 Å². The fourth-order valence-corrected chi connectivity index (χ4v) is 8.35. The number of aromatic nitrogens is 2. The summed E-state index contributed by atoms with van der Waals surface area (Å²) in [7, 11) is 0. The Bertz CT molecular complexity index is 3190. The number of furan rings is 2. The Morgan fingerprint density at radius 3 is 1.17 bits per heavy atom. The molecular weight excluding hydrogens is 751 g/mol. The lowest BCUT2D eigenvalue weighted by molar-refractivity contribution is -0.138. The van der Waals surface area contributed by atoms with Crippen LogP contribution in [-0.4, -0.2) is 9.13 Å². The first-order valence-corrected chi connectivity index (χ1v) is 18.4. The molecule has 11 rings (SSSR count). The Morgan fingerprint density at radius 2 is 0.776 bits per heavy atom. The third-order valence-electron chi connectivity index (χ3n) is 11.0. The molecule has 0 amide bonds. The second-order valence-corrected chi connectivity index (χ2v) is 14.4. The number of nitrogens with zero attached hydrogens (tertiary/aromatic N) is 2. The van der Waals surface area contributed by atoms with Crippen molar-refractivity contribution in [2.75, 3.05) is 0 Å². The van der Waals surface area contributed by atoms with Crippen molar-refractivity contribution < 1.29 is 35.2 Å². The van der Waals surface area contributed by atoms with Crippen LogP contribution in [0.2, 0.25) is 0 Å². The molecule has 11 aromatic rings. The summed E-state index contributed by atoms with van der Waals surface area (Å²) in [6.45, 7) is 0. The van der Waals surface area contributed by atoms with E-state index in [0.29, 0.717) is 33.8 Å². The molecule has 7 aromatic carbocycles. The van der Waals surface area contributed by atoms with Gasteiger partial charge in [0.25, 0.3) is 0 Å². The van der Waals surface area contributed by atoms with E-state index in [1.165, 1.54) is 24.3 Å². The van der Waals surface area contributed by atoms with Gasteiger partial charge in [0.15, 0.2) is 0 Å². The van der Waals surface area contributed by atoms with Crippen molar-refractivity contribution in [1.82, 2.24) is 9.13 Å². The Labute approximate surface area is 324 Å². The first-order valence-electron chi connectivity index (χ1n) is 18.4. The predicted molar refractivity (Wildman–Crippen MR) is 216 cm³/mol. The average Bonchev–Trinajstić information content (AvgIpc) is 4.00. The molecular formula is C48H26F6N2O2. The topological polar surface area (TPSA) is 36.1 Å². The van der Waals surface area contributed by atoms with Crippen LogP contribution in [0.25, 0.3) is 99.6 Å². The molecule has 10 heteroatoms. The van der Waals surface area contributed by atoms with E-state index < -0.39 is 23.5 Å². The molecule has 58 heavy (non-hydrogen) atoms. The van der Waals surface area contributed by atoms with Gasteiger partial charge in [-0.2, -0.15) is 26.3 Å². The van der Waals surface area contributed by atoms with Gasteiger partial charge < -0.3 is 18.0 Å². The van der Waals surface area contributed by atoms with Crippen LogP contribution < -0.4 is 0 Å². The minimum atomic E-state index is -4.42. The molecule has 0 aliphatic rings. The van der Waals surface area contributed by atoms with E-state index in [2.05, 4.69) is 45.5 Å². The summed E-state index contributed by atoms with van der Waals surface area (Å²) in [4.78, 5) is 0. The summed E-state index contributed by atoms with van der Waals surface area (Å²) in [5.41, 5.74) is 6.69. The molecule has 0 radical (unpaired) electrons. The van der Waals surface area contributed by atoms with Crippen LogP contribution in [0.3, 0.4) is 0 Å². The molecule has 0 N–H and O–H groups in total. The standard InChI is InChI=1S/C48H26F6N2O2/c49-47(50,51)31-13-9-27(10-14-31)43-25-29-23-33(17-21-41(29)57-43)55-37-7-3-1-5-35(37)45-39(55)19-20-40-46(45)36-6-2-4-8-38(36)56(40)34-18-22-42-30(24-34)26-44(58-42)28-11-15-32(16-12-28)48(52,53)54/h1-26H. The minimum absolute atomic E-state index is 0.474. The van der Waals surface area contributed by atoms with Crippen LogP contribution >= 0.6 is 0 Å². The Balaban J connectivity index is 1.06. The van der Waals surface area contributed by atoms with Crippen LogP contribution in [-0.2, 0) is 12.4 Å². The van der Waals surface area contributed by atoms with Crippen molar-refractivity contribution in [3.63, 3.8) is 0 Å². The zero-order chi connectivity index (χ0) is 39.5. The second kappa shape index (κ2) is 12.1. The van der Waals surface area contributed by atoms with Gasteiger partial charge in [0.2, 0.25) is 0 Å². The van der Waals surface area contributed by atoms with Gasteiger partial charge >= 0.3 is 12.4 Å². The zero-order valence-electron chi connectivity index (χ0n) is 30.0. The van der Waals surface area contributed by atoms with Crippen molar-refractivity contribution >= 4 is 65.6 Å². The fourth-order valence-electron chi connectivity index (χ4n) is 8.35. The predicted octanol–water partition coefficient (Wildman–Crippen LogP) is 14.7. The largest absolute Gasteiger partial charge is 0.456 e. The van der Waals surface area contributed by atoms with E-state index in [1.54, 1.807) is 0 Å². The lowest BCUT2D eigenvalue weighted by Crippen LogP contribution is -2.03. The van der Waals surface area contributed by atoms with Crippen molar-refractivity contribution in [2.24, 2.45) is 0 Å². The van der Waals surface area contributed by atoms with E-state index >= 15 is 0 Å². The highest BCUT2D eigenvalue weighted by molar-refractivity contribution is 6.29. The lowest BCUT2D eigenvalue weighted by atomic mass is 10.1. The number of fused-ring (bicyclic) bond motifs is 9. The SMILES string of the molecule is FC(F)(F)c1ccc(-c2cc3cc(-n4c5ccccc5c5c6c7ccccc7n(-c7ccc8oc(-c9ccc(C(F)(F)F)cc9)cc8c7)c6ccc54)ccc3o2)cc1. The molecule has 282 valence electrons. The molecule has 4 nitrogen and oxygen atoms in total. The maximum Gasteiger partial charge on any atom is 0.416 e. The molecule has 4 heterocycles. The molecule has 0 spiro atoms. The fraction of sp³-hybridized carbons (Fsp3) is 0.0417. The highest BCUT2D eigenvalue weighted by Crippen LogP contribution is 2.44. The van der Waals surface area contributed by atoms with Gasteiger partial charge in [0, 0.05) is 54.8 Å². The van der Waals surface area contributed by atoms with Crippen molar-refractivity contribution in [2.45, 2.75) is 12.4 Å². The second-order valence-electron chi connectivity index (χ2n) is 14.4. The molecule has 0 aliphatic carbocycles. The van der Waals surface area contributed by atoms with Crippen LogP contribution in [0.5, 0.6) is 0 Å². The van der Waals surface area contributed by atoms with E-state index in [9.17, 15) is 26.3 Å². The van der Waals surface area contributed by atoms with Gasteiger partial charge in [-0.1, -0.05) is 60.7 Å². The Morgan fingerprint density at radius 1 is 0.379 bits per heavy atom. The maximum absolute atomic E-state index is 13.2. The molecule has 0 atom stereocenters. The molecule has 0 aliphatic heterocycles. The first-order chi connectivity index (χ1) is 28.0. The summed E-state index contributed by atoms with van der Waals surface area (Å²) in [5, 5.41) is 5.91. The number of halogens is 6. The summed E-state index contributed by atoms with van der Waals surface area (Å²) in [6.07, 6.45) is -8.85. The van der Waals surface area contributed by atoms with E-state index in [4.69, 9.17) is 8.83 Å². The van der Waals surface area contributed by atoms with Crippen molar-refractivity contribution in [1.29, 1.82) is 0 Å². The van der Waals surface area contributed by atoms with Gasteiger partial charge in [-0.25, -0.2) is 0 Å². The maximum atomic E-state index is 13.2. The number of hydrogen-bond donors (Lipinski definition) is 0. The minimum Gasteiger partial charge on any atom is -0.456 e. The van der Waals surface area contributed by atoms with Gasteiger partial charge in [-0.15, -0.1) is 0 Å². The number of para-hydroxylation sites is 2. The molecule has 0 fully saturated rings. The molecule has 0 bridgehead atoms. The van der Waals surface area contributed by atoms with Crippen LogP contribution in [0, 0.1) is 0 Å². The third-order valence-corrected chi connectivity index (χ3v) is 11.0. The Hall–Kier alpha value is -7.20. The van der Waals surface area contributed by atoms with Crippen LogP contribution in [0.15, 0.2) is 167 Å². The van der Waals surface area contributed by atoms with Crippen LogP contribution in [0.1, 0.15) is 11.1 Å². The van der Waals surface area contributed by atoms with Gasteiger partial charge in [0.05, 0.1) is 33.2 Å². The van der Waals surface area contributed by atoms with E-state index in [1.807, 2.05) is 72.8 Å². The number of alkyl halides is 6. The first kappa shape index (κ1) is 34.1. The van der Waals surface area contributed by atoms with Gasteiger partial charge in [-0.3, -0.25) is 0 Å². The summed E-state index contributed by atoms with van der Waals surface area (Å²) in [5.74, 6) is 0.948. The summed E-state index contributed by atoms with van der Waals surface area (Å²) in [6, 6.07) is 46.2. The van der Waals surface area contributed by atoms with Crippen molar-refractivity contribution in [3.8, 4) is 34.0 Å². The highest BCUT2D eigenvalue weighted by Gasteiger charge is 2.31. The number of hydrogen-bond acceptors (Lipinski definition) is 2. The summed E-state index contributed by atoms with van der Waals surface area (Å²) < 4.78 is 95.9. The van der Waals surface area contributed by atoms with Crippen molar-refractivity contribution in [3.05, 3.63) is 169 Å². The zero-order valence-corrected chi connectivity index (χ0v) is 30.0. The highest BCUT2D eigenvalue weighted by atomic mass is 19.4. The normalized spacial score (nSPS) is 12.7. The quantitative estimate of drug-likeness (QED) is 0.167. The summed E-state index contributed by atoms with van der Waals surface area (Å²) >= 11 is 0. The van der Waals surface area contributed by atoms with Gasteiger partial charge in [-0.05, 0) is 97.1 Å². The lowest BCUT2D eigenvalue weighted by Gasteiger charge is -2.09. The monoisotopic (exact) mass is 776 g/mol. The molecule has 0 unspecified atom stereocenters. The molecule has 0 saturated heterocycles. The van der Waals surface area contributed by atoms with E-state index in [-0.39, 0.29) is 0 Å². The number of rotatable bonds is 4. The third kappa shape index (κ3) is 5.25. The smallest absolute Gasteiger partial charge is 0.416 e. The molecule has 0 saturated carbocycles. The van der Waals surface area contributed by atoms with Crippen LogP contribution in [0.4, 0.5) is 26.3 Å². The average molecular weight is 777 g/mol. The Kier molecular flexibility index (Phi) is 7.14. The molecule has 4 aromatic heterocycles.